The number of aliphatic hydroxyl groups is 1. The van der Waals surface area contributed by atoms with Gasteiger partial charge in [0.05, 0.1) is 18.3 Å². The van der Waals surface area contributed by atoms with E-state index in [1.165, 1.54) is 5.56 Å². The Labute approximate surface area is 218 Å². The fraction of sp³-hybridized carbons (Fsp3) is 0.733. The number of ether oxygens (including phenoxy) is 5. The Morgan fingerprint density at radius 1 is 1.00 bits per heavy atom. The molecule has 0 radical (unpaired) electrons. The summed E-state index contributed by atoms with van der Waals surface area (Å²) in [5, 5.41) is 10.1. The first-order chi connectivity index (χ1) is 17.5. The summed E-state index contributed by atoms with van der Waals surface area (Å²) < 4.78 is 30.3. The fourth-order valence-corrected chi connectivity index (χ4v) is 5.23. The Bertz CT molecular complexity index is 740. The van der Waals surface area contributed by atoms with Gasteiger partial charge in [-0.25, -0.2) is 0 Å². The number of rotatable bonds is 17. The first-order valence-electron chi connectivity index (χ1n) is 14.1. The zero-order valence-corrected chi connectivity index (χ0v) is 22.7. The molecule has 8 atom stereocenters. The van der Waals surface area contributed by atoms with E-state index in [2.05, 4.69) is 50.3 Å². The number of fused-ring (bicyclic) bond motifs is 1. The van der Waals surface area contributed by atoms with Crippen molar-refractivity contribution < 1.29 is 28.8 Å². The average Bonchev–Trinajstić information content (AvgIpc) is 3.37. The van der Waals surface area contributed by atoms with Gasteiger partial charge in [-0.05, 0) is 51.0 Å². The Morgan fingerprint density at radius 3 is 2.39 bits per heavy atom. The van der Waals surface area contributed by atoms with Crippen LogP contribution >= 0.6 is 0 Å². The fourth-order valence-electron chi connectivity index (χ4n) is 5.23. The van der Waals surface area contributed by atoms with Crippen molar-refractivity contribution in [1.82, 2.24) is 0 Å². The number of aliphatic hydroxyl groups excluding tert-OH is 1. The minimum Gasteiger partial charge on any atom is -0.368 e. The van der Waals surface area contributed by atoms with Gasteiger partial charge in [0, 0.05) is 32.0 Å². The highest BCUT2D eigenvalue weighted by atomic mass is 16.7. The molecule has 36 heavy (non-hydrogen) atoms. The molecule has 0 amide bonds. The van der Waals surface area contributed by atoms with E-state index in [1.54, 1.807) is 0 Å². The molecule has 3 unspecified atom stereocenters. The van der Waals surface area contributed by atoms with E-state index in [0.29, 0.717) is 19.6 Å². The van der Waals surface area contributed by atoms with Gasteiger partial charge in [0.25, 0.3) is 0 Å². The Balaban J connectivity index is 1.66. The molecule has 0 spiro atoms. The molecule has 1 aliphatic heterocycles. The normalized spacial score (nSPS) is 28.4. The van der Waals surface area contributed by atoms with Crippen LogP contribution in [0.15, 0.2) is 42.5 Å². The second kappa shape index (κ2) is 15.9. The standard InChI is InChI=1S/C30H48O6/c1-5-7-18-32-22(3)34-25(15-14-24-12-10-9-11-13-24)16-17-26-27-20-30(31)36-29(27)21-28(26)35-23(4)33-19-8-6-2/h9-13,16-17,22-23,25-31H,5-8,14-15,18-21H2,1-4H3/b17-16+/t22?,23?,25-,26+,27+,28+,29-,30?/m0/s1. The molecule has 0 bridgehead atoms. The van der Waals surface area contributed by atoms with Crippen molar-refractivity contribution in [3.63, 3.8) is 0 Å². The Morgan fingerprint density at radius 2 is 1.69 bits per heavy atom. The summed E-state index contributed by atoms with van der Waals surface area (Å²) in [6, 6.07) is 10.5. The summed E-state index contributed by atoms with van der Waals surface area (Å²) in [7, 11) is 0. The summed E-state index contributed by atoms with van der Waals surface area (Å²) in [5.74, 6) is 0.376. The largest absolute Gasteiger partial charge is 0.368 e. The molecule has 3 rings (SSSR count). The van der Waals surface area contributed by atoms with Gasteiger partial charge < -0.3 is 28.8 Å². The maximum atomic E-state index is 10.1. The first-order valence-corrected chi connectivity index (χ1v) is 14.1. The lowest BCUT2D eigenvalue weighted by molar-refractivity contribution is -0.172. The van der Waals surface area contributed by atoms with Gasteiger partial charge in [-0.1, -0.05) is 69.2 Å². The first kappa shape index (κ1) is 29.3. The van der Waals surface area contributed by atoms with Crippen LogP contribution in [-0.4, -0.2) is 55.5 Å². The summed E-state index contributed by atoms with van der Waals surface area (Å²) in [6.45, 7) is 9.68. The number of hydrogen-bond acceptors (Lipinski definition) is 6. The molecule has 1 aromatic rings. The minimum absolute atomic E-state index is 0.00613. The second-order valence-electron chi connectivity index (χ2n) is 10.2. The Hall–Kier alpha value is -1.28. The number of aryl methyl sites for hydroxylation is 1. The topological polar surface area (TPSA) is 66.4 Å². The van der Waals surface area contributed by atoms with Crippen molar-refractivity contribution in [2.75, 3.05) is 13.2 Å². The molecule has 1 N–H and O–H groups in total. The van der Waals surface area contributed by atoms with E-state index in [1.807, 2.05) is 19.9 Å². The maximum Gasteiger partial charge on any atom is 0.155 e. The van der Waals surface area contributed by atoms with Crippen molar-refractivity contribution in [2.24, 2.45) is 11.8 Å². The second-order valence-corrected chi connectivity index (χ2v) is 10.2. The molecule has 2 fully saturated rings. The molecule has 1 aromatic carbocycles. The van der Waals surface area contributed by atoms with E-state index < -0.39 is 6.29 Å². The third kappa shape index (κ3) is 9.55. The van der Waals surface area contributed by atoms with Crippen LogP contribution in [0.3, 0.4) is 0 Å². The van der Waals surface area contributed by atoms with E-state index in [9.17, 15) is 5.11 Å². The van der Waals surface area contributed by atoms with Crippen LogP contribution in [-0.2, 0) is 30.1 Å². The lowest BCUT2D eigenvalue weighted by Crippen LogP contribution is -2.28. The van der Waals surface area contributed by atoms with Crippen molar-refractivity contribution >= 4 is 0 Å². The van der Waals surface area contributed by atoms with E-state index in [0.717, 1.165) is 44.9 Å². The lowest BCUT2D eigenvalue weighted by atomic mass is 9.91. The van der Waals surface area contributed by atoms with Crippen LogP contribution in [0.4, 0.5) is 0 Å². The van der Waals surface area contributed by atoms with Crippen LogP contribution in [0.25, 0.3) is 0 Å². The van der Waals surface area contributed by atoms with Gasteiger partial charge in [-0.3, -0.25) is 0 Å². The van der Waals surface area contributed by atoms with Crippen LogP contribution in [0, 0.1) is 11.8 Å². The maximum absolute atomic E-state index is 10.1. The van der Waals surface area contributed by atoms with Crippen LogP contribution in [0.1, 0.15) is 78.2 Å². The molecule has 1 saturated carbocycles. The lowest BCUT2D eigenvalue weighted by Gasteiger charge is -2.26. The molecule has 1 heterocycles. The predicted octanol–water partition coefficient (Wildman–Crippen LogP) is 6.01. The number of benzene rings is 1. The van der Waals surface area contributed by atoms with Crippen LogP contribution in [0.5, 0.6) is 0 Å². The highest BCUT2D eigenvalue weighted by Gasteiger charge is 2.49. The molecular weight excluding hydrogens is 456 g/mol. The zero-order valence-electron chi connectivity index (χ0n) is 22.7. The minimum atomic E-state index is -0.688. The molecule has 6 heteroatoms. The molecule has 1 saturated heterocycles. The SMILES string of the molecule is CCCCOC(C)O[C@H](/C=C/[C@@H]1[C@H]2CC(O)O[C@H]2C[C@H]1OC(C)OCCCC)CCc1ccccc1. The van der Waals surface area contributed by atoms with Gasteiger partial charge in [-0.15, -0.1) is 0 Å². The molecule has 1 aliphatic carbocycles. The molecule has 2 aliphatic rings. The van der Waals surface area contributed by atoms with E-state index in [-0.39, 0.29) is 42.7 Å². The molecule has 6 nitrogen and oxygen atoms in total. The molecule has 0 aromatic heterocycles. The third-order valence-electron chi connectivity index (χ3n) is 7.21. The average molecular weight is 505 g/mol. The summed E-state index contributed by atoms with van der Waals surface area (Å²) in [4.78, 5) is 0. The zero-order chi connectivity index (χ0) is 25.8. The van der Waals surface area contributed by atoms with Gasteiger partial charge in [0.1, 0.15) is 0 Å². The van der Waals surface area contributed by atoms with E-state index >= 15 is 0 Å². The van der Waals surface area contributed by atoms with Gasteiger partial charge in [-0.2, -0.15) is 0 Å². The third-order valence-corrected chi connectivity index (χ3v) is 7.21. The van der Waals surface area contributed by atoms with Crippen LogP contribution < -0.4 is 0 Å². The predicted molar refractivity (Wildman–Crippen MR) is 141 cm³/mol. The Kier molecular flexibility index (Phi) is 12.9. The monoisotopic (exact) mass is 504 g/mol. The summed E-state index contributed by atoms with van der Waals surface area (Å²) in [6.07, 6.45) is 10.6. The van der Waals surface area contributed by atoms with Gasteiger partial charge in [0.15, 0.2) is 18.9 Å². The van der Waals surface area contributed by atoms with Crippen molar-refractivity contribution in [3.8, 4) is 0 Å². The van der Waals surface area contributed by atoms with Gasteiger partial charge >= 0.3 is 0 Å². The number of unbranched alkanes of at least 4 members (excludes halogenated alkanes) is 2. The highest BCUT2D eigenvalue weighted by molar-refractivity contribution is 5.15. The number of hydrogen-bond donors (Lipinski definition) is 1. The highest BCUT2D eigenvalue weighted by Crippen LogP contribution is 2.45. The summed E-state index contributed by atoms with van der Waals surface area (Å²) >= 11 is 0. The van der Waals surface area contributed by atoms with Crippen molar-refractivity contribution in [3.05, 3.63) is 48.0 Å². The summed E-state index contributed by atoms with van der Waals surface area (Å²) in [5.41, 5.74) is 1.30. The van der Waals surface area contributed by atoms with Crippen molar-refractivity contribution in [1.29, 1.82) is 0 Å². The quantitative estimate of drug-likeness (QED) is 0.159. The van der Waals surface area contributed by atoms with Crippen molar-refractivity contribution in [2.45, 2.75) is 116 Å². The van der Waals surface area contributed by atoms with Crippen LogP contribution in [0.2, 0.25) is 0 Å². The smallest absolute Gasteiger partial charge is 0.155 e. The van der Waals surface area contributed by atoms with E-state index in [4.69, 9.17) is 23.7 Å². The molecular formula is C30H48O6. The molecule has 204 valence electrons. The van der Waals surface area contributed by atoms with Gasteiger partial charge in [0.2, 0.25) is 0 Å².